The number of nitrogens with one attached hydrogen (secondary N) is 1. The largest absolute Gasteiger partial charge is 0.489 e. The Hall–Kier alpha value is -2.93. The van der Waals surface area contributed by atoms with Crippen LogP contribution in [-0.4, -0.2) is 35.6 Å². The van der Waals surface area contributed by atoms with Crippen molar-refractivity contribution in [1.82, 2.24) is 15.3 Å². The maximum Gasteiger partial charge on any atom is 0.316 e. The Bertz CT molecular complexity index is 915. The minimum absolute atomic E-state index is 0.180. The van der Waals surface area contributed by atoms with E-state index in [2.05, 4.69) is 21.9 Å². The van der Waals surface area contributed by atoms with Gasteiger partial charge in [-0.1, -0.05) is 18.7 Å². The van der Waals surface area contributed by atoms with Gasteiger partial charge >= 0.3 is 5.97 Å². The Morgan fingerprint density at radius 2 is 2.10 bits per heavy atom. The van der Waals surface area contributed by atoms with E-state index in [0.717, 1.165) is 31.6 Å². The summed E-state index contributed by atoms with van der Waals surface area (Å²) in [5.74, 6) is 1.01. The van der Waals surface area contributed by atoms with Gasteiger partial charge in [0.25, 0.3) is 0 Å². The van der Waals surface area contributed by atoms with E-state index in [4.69, 9.17) is 15.2 Å². The van der Waals surface area contributed by atoms with Crippen molar-refractivity contribution in [2.75, 3.05) is 25.4 Å². The van der Waals surface area contributed by atoms with Crippen molar-refractivity contribution < 1.29 is 14.3 Å². The van der Waals surface area contributed by atoms with E-state index in [0.29, 0.717) is 29.4 Å². The van der Waals surface area contributed by atoms with Gasteiger partial charge in [-0.25, -0.2) is 9.97 Å². The van der Waals surface area contributed by atoms with Gasteiger partial charge in [0.05, 0.1) is 22.4 Å². The molecule has 0 aliphatic carbocycles. The summed E-state index contributed by atoms with van der Waals surface area (Å²) in [4.78, 5) is 21.5. The van der Waals surface area contributed by atoms with Crippen LogP contribution in [0, 0.1) is 5.41 Å². The van der Waals surface area contributed by atoms with Crippen LogP contribution in [-0.2, 0) is 4.79 Å². The molecule has 7 heteroatoms. The molecular formula is C23H30N4O3. The maximum absolute atomic E-state index is 12.6. The molecule has 160 valence electrons. The molecule has 2 heterocycles. The number of ether oxygens (including phenoxy) is 2. The third kappa shape index (κ3) is 5.16. The summed E-state index contributed by atoms with van der Waals surface area (Å²) >= 11 is 0. The summed E-state index contributed by atoms with van der Waals surface area (Å²) in [6.07, 6.45) is 3.77. The molecule has 1 unspecified atom stereocenters. The fourth-order valence-corrected chi connectivity index (χ4v) is 3.30. The molecule has 3 N–H and O–H groups in total. The van der Waals surface area contributed by atoms with Crippen molar-refractivity contribution in [1.29, 1.82) is 0 Å². The lowest BCUT2D eigenvalue weighted by Gasteiger charge is -2.23. The van der Waals surface area contributed by atoms with Crippen LogP contribution >= 0.6 is 0 Å². The number of nitrogen functional groups attached to an aromatic ring is 1. The number of nitrogens with zero attached hydrogens (tertiary/aromatic N) is 2. The van der Waals surface area contributed by atoms with Crippen LogP contribution in [0.25, 0.3) is 11.3 Å². The average Bonchev–Trinajstić information content (AvgIpc) is 2.71. The summed E-state index contributed by atoms with van der Waals surface area (Å²) in [6, 6.07) is 7.25. The lowest BCUT2D eigenvalue weighted by atomic mass is 9.94. The number of aromatic nitrogens is 2. The zero-order valence-corrected chi connectivity index (χ0v) is 17.9. The van der Waals surface area contributed by atoms with Crippen molar-refractivity contribution >= 4 is 11.9 Å². The van der Waals surface area contributed by atoms with Crippen LogP contribution in [0.1, 0.15) is 45.2 Å². The van der Waals surface area contributed by atoms with E-state index in [1.54, 1.807) is 18.2 Å². The maximum atomic E-state index is 12.6. The highest BCUT2D eigenvalue weighted by molar-refractivity contribution is 5.83. The topological polar surface area (TPSA) is 99.4 Å². The van der Waals surface area contributed by atoms with E-state index in [-0.39, 0.29) is 17.8 Å². The molecule has 1 aromatic carbocycles. The normalized spacial score (nSPS) is 16.7. The van der Waals surface area contributed by atoms with Gasteiger partial charge in [0.15, 0.2) is 0 Å². The van der Waals surface area contributed by atoms with Crippen LogP contribution in [0.15, 0.2) is 36.9 Å². The molecule has 1 aliphatic heterocycles. The number of carbonyl (C=O) groups excluding carboxylic acids is 1. The summed E-state index contributed by atoms with van der Waals surface area (Å²) in [7, 11) is 0. The Balaban J connectivity index is 2.09. The number of piperidine rings is 1. The van der Waals surface area contributed by atoms with Crippen LogP contribution in [0.2, 0.25) is 0 Å². The Kier molecular flexibility index (Phi) is 6.72. The first-order valence-electron chi connectivity index (χ1n) is 10.2. The zero-order chi connectivity index (χ0) is 21.7. The molecule has 1 aliphatic rings. The number of carbonyl (C=O) groups is 1. The molecule has 1 fully saturated rings. The number of hydrogen-bond acceptors (Lipinski definition) is 7. The Morgan fingerprint density at radius 1 is 1.33 bits per heavy atom. The second-order valence-electron chi connectivity index (χ2n) is 8.45. The molecule has 1 saturated heterocycles. The van der Waals surface area contributed by atoms with Gasteiger partial charge in [-0.15, -0.1) is 0 Å². The molecule has 0 bridgehead atoms. The first-order valence-corrected chi connectivity index (χ1v) is 10.2. The van der Waals surface area contributed by atoms with Crippen LogP contribution in [0.4, 0.5) is 5.95 Å². The van der Waals surface area contributed by atoms with E-state index >= 15 is 0 Å². The second-order valence-corrected chi connectivity index (χ2v) is 8.45. The van der Waals surface area contributed by atoms with E-state index in [1.165, 1.54) is 0 Å². The predicted molar refractivity (Wildman–Crippen MR) is 118 cm³/mol. The third-order valence-electron chi connectivity index (χ3n) is 4.89. The van der Waals surface area contributed by atoms with Crippen LogP contribution < -0.4 is 20.5 Å². The SMILES string of the molecule is C=CCOc1cccc(OC(=O)C(C)(C)C)c1-c1cc(C2CCCNC2)nc(N)n1. The number of benzene rings is 1. The van der Waals surface area contributed by atoms with E-state index in [1.807, 2.05) is 32.9 Å². The second kappa shape index (κ2) is 9.26. The van der Waals surface area contributed by atoms with Gasteiger partial charge in [-0.3, -0.25) is 4.79 Å². The fraction of sp³-hybridized carbons (Fsp3) is 0.435. The summed E-state index contributed by atoms with van der Waals surface area (Å²) in [5.41, 5.74) is 7.43. The molecule has 2 aromatic rings. The van der Waals surface area contributed by atoms with E-state index in [9.17, 15) is 4.79 Å². The Morgan fingerprint density at radius 3 is 2.77 bits per heavy atom. The lowest BCUT2D eigenvalue weighted by molar-refractivity contribution is -0.142. The van der Waals surface area contributed by atoms with Crippen molar-refractivity contribution in [3.05, 3.63) is 42.6 Å². The van der Waals surface area contributed by atoms with Gasteiger partial charge < -0.3 is 20.5 Å². The van der Waals surface area contributed by atoms with Gasteiger partial charge in [0, 0.05) is 12.5 Å². The third-order valence-corrected chi connectivity index (χ3v) is 4.89. The first-order chi connectivity index (χ1) is 14.3. The summed E-state index contributed by atoms with van der Waals surface area (Å²) in [6.45, 7) is 11.3. The highest BCUT2D eigenvalue weighted by atomic mass is 16.5. The number of anilines is 1. The predicted octanol–water partition coefficient (Wildman–Crippen LogP) is 3.71. The van der Waals surface area contributed by atoms with Gasteiger partial charge in [0.2, 0.25) is 5.95 Å². The number of esters is 1. The quantitative estimate of drug-likeness (QED) is 0.425. The highest BCUT2D eigenvalue weighted by Gasteiger charge is 2.27. The lowest BCUT2D eigenvalue weighted by Crippen LogP contribution is -2.29. The number of nitrogens with two attached hydrogens (primary N) is 1. The molecule has 30 heavy (non-hydrogen) atoms. The molecule has 0 radical (unpaired) electrons. The molecule has 3 rings (SSSR count). The molecule has 7 nitrogen and oxygen atoms in total. The number of rotatable bonds is 6. The first kappa shape index (κ1) is 21.8. The standard InChI is InChI=1S/C23H30N4O3/c1-5-12-29-18-9-6-10-19(30-21(28)23(2,3)4)20(18)17-13-16(26-22(24)27-17)15-8-7-11-25-14-15/h5-6,9-10,13,15,25H,1,7-8,11-12,14H2,2-4H3,(H2,24,26,27). The van der Waals surface area contributed by atoms with E-state index < -0.39 is 5.41 Å². The van der Waals surface area contributed by atoms with Crippen molar-refractivity contribution in [2.45, 2.75) is 39.5 Å². The molecule has 0 spiro atoms. The molecule has 1 aromatic heterocycles. The average molecular weight is 411 g/mol. The molecule has 0 amide bonds. The van der Waals surface area contributed by atoms with Gasteiger partial charge in [-0.05, 0) is 58.4 Å². The molecule has 0 saturated carbocycles. The summed E-state index contributed by atoms with van der Waals surface area (Å²) in [5, 5.41) is 3.40. The smallest absolute Gasteiger partial charge is 0.316 e. The zero-order valence-electron chi connectivity index (χ0n) is 17.9. The molecule has 1 atom stereocenters. The van der Waals surface area contributed by atoms with Gasteiger partial charge in [-0.2, -0.15) is 0 Å². The number of hydrogen-bond donors (Lipinski definition) is 2. The van der Waals surface area contributed by atoms with Crippen LogP contribution in [0.3, 0.4) is 0 Å². The minimum Gasteiger partial charge on any atom is -0.489 e. The fourth-order valence-electron chi connectivity index (χ4n) is 3.30. The monoisotopic (exact) mass is 410 g/mol. The van der Waals surface area contributed by atoms with Crippen molar-refractivity contribution in [3.63, 3.8) is 0 Å². The Labute approximate surface area is 177 Å². The highest BCUT2D eigenvalue weighted by Crippen LogP contribution is 2.39. The summed E-state index contributed by atoms with van der Waals surface area (Å²) < 4.78 is 11.6. The minimum atomic E-state index is -0.654. The van der Waals surface area contributed by atoms with Crippen molar-refractivity contribution in [2.24, 2.45) is 5.41 Å². The van der Waals surface area contributed by atoms with Gasteiger partial charge in [0.1, 0.15) is 18.1 Å². The van der Waals surface area contributed by atoms with Crippen LogP contribution in [0.5, 0.6) is 11.5 Å². The van der Waals surface area contributed by atoms with Crippen molar-refractivity contribution in [3.8, 4) is 22.8 Å². The molecular weight excluding hydrogens is 380 g/mol.